The monoisotopic (exact) mass is 464 g/mol. The van der Waals surface area contributed by atoms with Crippen LogP contribution in [0.15, 0.2) is 77.7 Å². The van der Waals surface area contributed by atoms with Crippen molar-refractivity contribution in [2.75, 3.05) is 11.9 Å². The second kappa shape index (κ2) is 9.41. The third-order valence-electron chi connectivity index (χ3n) is 4.32. The molecule has 3 aromatic rings. The summed E-state index contributed by atoms with van der Waals surface area (Å²) in [7, 11) is -3.51. The molecule has 1 heterocycles. The lowest BCUT2D eigenvalue weighted by Crippen LogP contribution is -2.25. The van der Waals surface area contributed by atoms with Gasteiger partial charge in [0, 0.05) is 17.8 Å². The molecular formula is C22H19F3N2O4S. The Hall–Kier alpha value is -3.37. The minimum atomic E-state index is -4.49. The molecule has 0 fully saturated rings. The summed E-state index contributed by atoms with van der Waals surface area (Å²) in [5.74, 6) is -0.795. The fourth-order valence-electron chi connectivity index (χ4n) is 2.80. The van der Waals surface area contributed by atoms with Crippen LogP contribution in [-0.2, 0) is 22.0 Å². The maximum absolute atomic E-state index is 12.9. The maximum atomic E-state index is 12.9. The average molecular weight is 464 g/mol. The van der Waals surface area contributed by atoms with Gasteiger partial charge in [-0.3, -0.25) is 4.79 Å². The quantitative estimate of drug-likeness (QED) is 0.468. The average Bonchev–Trinajstić information content (AvgIpc) is 3.24. The molecule has 168 valence electrons. The van der Waals surface area contributed by atoms with Gasteiger partial charge in [-0.25, -0.2) is 13.1 Å². The highest BCUT2D eigenvalue weighted by atomic mass is 32.2. The number of nitrogens with one attached hydrogen (secondary N) is 2. The van der Waals surface area contributed by atoms with E-state index in [1.54, 1.807) is 12.1 Å². The SMILES string of the molecule is C=CCNS(=O)(=O)Cc1ccc(NC(=O)c2ccc(-c3cccc(C(F)(F)F)c3)o2)cc1. The van der Waals surface area contributed by atoms with E-state index in [0.29, 0.717) is 11.3 Å². The van der Waals surface area contributed by atoms with Crippen LogP contribution in [0.25, 0.3) is 11.3 Å². The second-order valence-electron chi connectivity index (χ2n) is 6.79. The predicted molar refractivity (Wildman–Crippen MR) is 114 cm³/mol. The third kappa shape index (κ3) is 6.08. The van der Waals surface area contributed by atoms with Crippen molar-refractivity contribution in [1.29, 1.82) is 0 Å². The van der Waals surface area contributed by atoms with Crippen LogP contribution in [0.5, 0.6) is 0 Å². The van der Waals surface area contributed by atoms with Gasteiger partial charge in [0.2, 0.25) is 10.0 Å². The number of sulfonamides is 1. The first-order valence-corrected chi connectivity index (χ1v) is 11.0. The molecule has 0 aliphatic carbocycles. The second-order valence-corrected chi connectivity index (χ2v) is 8.60. The smallest absolute Gasteiger partial charge is 0.416 e. The zero-order chi connectivity index (χ0) is 23.4. The van der Waals surface area contributed by atoms with Crippen LogP contribution in [0.1, 0.15) is 21.7 Å². The molecule has 10 heteroatoms. The number of amides is 1. The van der Waals surface area contributed by atoms with E-state index in [0.717, 1.165) is 12.1 Å². The van der Waals surface area contributed by atoms with Gasteiger partial charge in [-0.2, -0.15) is 13.2 Å². The molecule has 2 aromatic carbocycles. The predicted octanol–water partition coefficient (Wildman–Crippen LogP) is 4.82. The third-order valence-corrected chi connectivity index (χ3v) is 5.64. The van der Waals surface area contributed by atoms with Crippen molar-refractivity contribution in [3.05, 3.63) is 90.2 Å². The molecule has 0 spiro atoms. The summed E-state index contributed by atoms with van der Waals surface area (Å²) in [5, 5.41) is 2.59. The first kappa shape index (κ1) is 23.3. The number of alkyl halides is 3. The van der Waals surface area contributed by atoms with E-state index >= 15 is 0 Å². The fraction of sp³-hybridized carbons (Fsp3) is 0.136. The summed E-state index contributed by atoms with van der Waals surface area (Å²) in [5.41, 5.74) is 0.283. The fourth-order valence-corrected chi connectivity index (χ4v) is 3.90. The number of benzene rings is 2. The first-order chi connectivity index (χ1) is 15.1. The van der Waals surface area contributed by atoms with E-state index in [-0.39, 0.29) is 29.4 Å². The number of anilines is 1. The number of hydrogen-bond acceptors (Lipinski definition) is 4. The largest absolute Gasteiger partial charge is 0.451 e. The molecule has 6 nitrogen and oxygen atoms in total. The van der Waals surface area contributed by atoms with Crippen LogP contribution < -0.4 is 10.0 Å². The molecule has 0 atom stereocenters. The van der Waals surface area contributed by atoms with Crippen molar-refractivity contribution in [2.24, 2.45) is 0 Å². The Morgan fingerprint density at radius 1 is 1.06 bits per heavy atom. The van der Waals surface area contributed by atoms with Gasteiger partial charge in [0.25, 0.3) is 5.91 Å². The Bertz CT molecular complexity index is 1220. The Morgan fingerprint density at radius 3 is 2.44 bits per heavy atom. The summed E-state index contributed by atoms with van der Waals surface area (Å²) < 4.78 is 70.3. The van der Waals surface area contributed by atoms with E-state index < -0.39 is 27.7 Å². The zero-order valence-electron chi connectivity index (χ0n) is 16.6. The van der Waals surface area contributed by atoms with Gasteiger partial charge in [0.05, 0.1) is 11.3 Å². The molecule has 2 N–H and O–H groups in total. The number of carbonyl (C=O) groups excluding carboxylic acids is 1. The first-order valence-electron chi connectivity index (χ1n) is 9.33. The highest BCUT2D eigenvalue weighted by Gasteiger charge is 2.30. The summed E-state index contributed by atoms with van der Waals surface area (Å²) in [4.78, 5) is 12.4. The van der Waals surface area contributed by atoms with Crippen LogP contribution in [0.2, 0.25) is 0 Å². The molecule has 0 aliphatic rings. The Morgan fingerprint density at radius 2 is 1.78 bits per heavy atom. The van der Waals surface area contributed by atoms with E-state index in [1.807, 2.05) is 0 Å². The molecule has 32 heavy (non-hydrogen) atoms. The van der Waals surface area contributed by atoms with Gasteiger partial charge in [0.1, 0.15) is 5.76 Å². The van der Waals surface area contributed by atoms with E-state index in [4.69, 9.17) is 4.42 Å². The van der Waals surface area contributed by atoms with Crippen molar-refractivity contribution < 1.29 is 30.8 Å². The minimum absolute atomic E-state index is 0.0855. The lowest BCUT2D eigenvalue weighted by molar-refractivity contribution is -0.137. The van der Waals surface area contributed by atoms with E-state index in [2.05, 4.69) is 16.6 Å². The van der Waals surface area contributed by atoms with Gasteiger partial charge in [-0.05, 0) is 42.0 Å². The number of halogens is 3. The zero-order valence-corrected chi connectivity index (χ0v) is 17.5. The van der Waals surface area contributed by atoms with Crippen LogP contribution in [0, 0.1) is 0 Å². The molecule has 3 rings (SSSR count). The summed E-state index contributed by atoms with van der Waals surface area (Å²) in [6, 6.07) is 13.5. The minimum Gasteiger partial charge on any atom is -0.451 e. The lowest BCUT2D eigenvalue weighted by Gasteiger charge is -2.08. The summed E-state index contributed by atoms with van der Waals surface area (Å²) in [6.07, 6.45) is -3.06. The Balaban J connectivity index is 1.67. The van der Waals surface area contributed by atoms with Crippen LogP contribution in [0.4, 0.5) is 18.9 Å². The normalized spacial score (nSPS) is 11.8. The highest BCUT2D eigenvalue weighted by molar-refractivity contribution is 7.88. The molecule has 0 aliphatic heterocycles. The number of hydrogen-bond donors (Lipinski definition) is 2. The molecule has 1 aromatic heterocycles. The molecule has 1 amide bonds. The van der Waals surface area contributed by atoms with Crippen molar-refractivity contribution in [1.82, 2.24) is 4.72 Å². The molecule has 0 bridgehead atoms. The summed E-state index contributed by atoms with van der Waals surface area (Å²) >= 11 is 0. The molecular weight excluding hydrogens is 445 g/mol. The standard InChI is InChI=1S/C22H19F3N2O4S/c1-2-12-26-32(29,30)14-15-6-8-18(9-7-15)27-21(28)20-11-10-19(31-20)16-4-3-5-17(13-16)22(23,24)25/h2-11,13,26H,1,12,14H2,(H,27,28). The van der Waals surface area contributed by atoms with Gasteiger partial charge < -0.3 is 9.73 Å². The van der Waals surface area contributed by atoms with Gasteiger partial charge in [0.15, 0.2) is 5.76 Å². The van der Waals surface area contributed by atoms with Crippen molar-refractivity contribution >= 4 is 21.6 Å². The van der Waals surface area contributed by atoms with Gasteiger partial charge >= 0.3 is 6.18 Å². The summed E-state index contributed by atoms with van der Waals surface area (Å²) in [6.45, 7) is 3.57. The maximum Gasteiger partial charge on any atom is 0.416 e. The Kier molecular flexibility index (Phi) is 6.85. The number of carbonyl (C=O) groups is 1. The van der Waals surface area contributed by atoms with Crippen molar-refractivity contribution in [3.63, 3.8) is 0 Å². The molecule has 0 saturated carbocycles. The van der Waals surface area contributed by atoms with E-state index in [1.165, 1.54) is 42.5 Å². The van der Waals surface area contributed by atoms with E-state index in [9.17, 15) is 26.4 Å². The molecule has 0 unspecified atom stereocenters. The lowest BCUT2D eigenvalue weighted by atomic mass is 10.1. The number of rotatable bonds is 8. The van der Waals surface area contributed by atoms with Gasteiger partial charge in [-0.1, -0.05) is 30.3 Å². The molecule has 0 saturated heterocycles. The van der Waals surface area contributed by atoms with Crippen LogP contribution in [0.3, 0.4) is 0 Å². The van der Waals surface area contributed by atoms with Gasteiger partial charge in [-0.15, -0.1) is 6.58 Å². The number of furan rings is 1. The van der Waals surface area contributed by atoms with Crippen LogP contribution in [-0.4, -0.2) is 20.9 Å². The van der Waals surface area contributed by atoms with Crippen molar-refractivity contribution in [2.45, 2.75) is 11.9 Å². The van der Waals surface area contributed by atoms with Crippen molar-refractivity contribution in [3.8, 4) is 11.3 Å². The van der Waals surface area contributed by atoms with Crippen LogP contribution >= 0.6 is 0 Å². The Labute approximate surface area is 182 Å². The highest BCUT2D eigenvalue weighted by Crippen LogP contribution is 2.32. The molecule has 0 radical (unpaired) electrons. The topological polar surface area (TPSA) is 88.4 Å².